The second kappa shape index (κ2) is 8.44. The third-order valence-electron chi connectivity index (χ3n) is 4.31. The minimum atomic E-state index is -3.21. The minimum absolute atomic E-state index is 0.0690. The Balaban J connectivity index is 1.99. The molecule has 1 aliphatic heterocycles. The molecule has 0 bridgehead atoms. The molecule has 0 aromatic heterocycles. The number of benzene rings is 1. The molecule has 1 aromatic rings. The van der Waals surface area contributed by atoms with Gasteiger partial charge in [0.15, 0.2) is 0 Å². The summed E-state index contributed by atoms with van der Waals surface area (Å²) in [5.74, 6) is -0.212. The van der Waals surface area contributed by atoms with Gasteiger partial charge < -0.3 is 10.2 Å². The zero-order valence-corrected chi connectivity index (χ0v) is 15.5. The maximum Gasteiger partial charge on any atom is 0.225 e. The Kier molecular flexibility index (Phi) is 6.55. The highest BCUT2D eigenvalue weighted by Gasteiger charge is 2.29. The Hall–Kier alpha value is -1.93. The van der Waals surface area contributed by atoms with Crippen molar-refractivity contribution in [1.29, 1.82) is 0 Å². The zero-order chi connectivity index (χ0) is 18.4. The van der Waals surface area contributed by atoms with E-state index in [2.05, 4.69) is 5.32 Å². The van der Waals surface area contributed by atoms with Gasteiger partial charge in [0, 0.05) is 33.1 Å². The highest BCUT2D eigenvalue weighted by molar-refractivity contribution is 7.89. The van der Waals surface area contributed by atoms with E-state index in [9.17, 15) is 18.0 Å². The van der Waals surface area contributed by atoms with E-state index in [1.807, 2.05) is 30.3 Å². The zero-order valence-electron chi connectivity index (χ0n) is 14.6. The van der Waals surface area contributed by atoms with E-state index in [0.717, 1.165) is 5.56 Å². The molecule has 0 saturated carbocycles. The predicted molar refractivity (Wildman–Crippen MR) is 95.2 cm³/mol. The number of carbonyl (C=O) groups is 2. The van der Waals surface area contributed by atoms with Gasteiger partial charge in [0.05, 0.1) is 18.2 Å². The molecule has 1 aliphatic rings. The molecule has 2 rings (SSSR count). The second-order valence-corrected chi connectivity index (χ2v) is 8.31. The van der Waals surface area contributed by atoms with Crippen LogP contribution in [0.2, 0.25) is 0 Å². The van der Waals surface area contributed by atoms with Crippen LogP contribution in [0.4, 0.5) is 0 Å². The van der Waals surface area contributed by atoms with Gasteiger partial charge in [-0.3, -0.25) is 9.59 Å². The fraction of sp³-hybridized carbons (Fsp3) is 0.529. The first kappa shape index (κ1) is 19.4. The number of nitrogens with zero attached hydrogens (tertiary/aromatic N) is 2. The van der Waals surface area contributed by atoms with E-state index in [1.165, 1.54) is 11.2 Å². The normalized spacial score (nSPS) is 17.1. The Morgan fingerprint density at radius 2 is 1.72 bits per heavy atom. The van der Waals surface area contributed by atoms with Crippen LogP contribution in [0.1, 0.15) is 31.9 Å². The lowest BCUT2D eigenvalue weighted by Gasteiger charge is -2.34. The molecule has 1 unspecified atom stereocenters. The van der Waals surface area contributed by atoms with Gasteiger partial charge in [-0.1, -0.05) is 30.3 Å². The third kappa shape index (κ3) is 5.27. The average molecular weight is 367 g/mol. The molecule has 0 radical (unpaired) electrons. The monoisotopic (exact) mass is 367 g/mol. The van der Waals surface area contributed by atoms with E-state index in [1.54, 1.807) is 11.8 Å². The highest BCUT2D eigenvalue weighted by atomic mass is 32.2. The number of hydrogen-bond donors (Lipinski definition) is 1. The Morgan fingerprint density at radius 3 is 2.24 bits per heavy atom. The van der Waals surface area contributed by atoms with E-state index >= 15 is 0 Å². The van der Waals surface area contributed by atoms with Crippen LogP contribution >= 0.6 is 0 Å². The number of rotatable bonds is 6. The lowest BCUT2D eigenvalue weighted by molar-refractivity contribution is -0.133. The maximum atomic E-state index is 12.6. The molecule has 7 nitrogen and oxygen atoms in total. The molecule has 8 heteroatoms. The van der Waals surface area contributed by atoms with Crippen molar-refractivity contribution in [3.63, 3.8) is 0 Å². The van der Waals surface area contributed by atoms with Gasteiger partial charge in [-0.15, -0.1) is 0 Å². The van der Waals surface area contributed by atoms with Crippen molar-refractivity contribution >= 4 is 21.8 Å². The summed E-state index contributed by atoms with van der Waals surface area (Å²) in [4.78, 5) is 25.7. The fourth-order valence-electron chi connectivity index (χ4n) is 2.88. The standard InChI is InChI=1S/C17H25N3O4S/c1-3-25(23,24)20-11-9-19(10-12-20)17(22)13-16(18-14(2)21)15-7-5-4-6-8-15/h4-8,16H,3,9-13H2,1-2H3,(H,18,21). The number of sulfonamides is 1. The summed E-state index contributed by atoms with van der Waals surface area (Å²) in [6, 6.07) is 8.97. The van der Waals surface area contributed by atoms with Crippen molar-refractivity contribution in [2.45, 2.75) is 26.3 Å². The molecular formula is C17H25N3O4S. The van der Waals surface area contributed by atoms with Gasteiger partial charge in [0.25, 0.3) is 0 Å². The van der Waals surface area contributed by atoms with Crippen molar-refractivity contribution in [3.8, 4) is 0 Å². The minimum Gasteiger partial charge on any atom is -0.349 e. The molecular weight excluding hydrogens is 342 g/mol. The van der Waals surface area contributed by atoms with Gasteiger partial charge in [0.2, 0.25) is 21.8 Å². The molecule has 0 spiro atoms. The number of carbonyl (C=O) groups excluding carboxylic acids is 2. The quantitative estimate of drug-likeness (QED) is 0.804. The number of piperazine rings is 1. The first-order valence-electron chi connectivity index (χ1n) is 8.41. The van der Waals surface area contributed by atoms with Crippen molar-refractivity contribution < 1.29 is 18.0 Å². The SMILES string of the molecule is CCS(=O)(=O)N1CCN(C(=O)CC(NC(C)=O)c2ccccc2)CC1. The van der Waals surface area contributed by atoms with Gasteiger partial charge >= 0.3 is 0 Å². The van der Waals surface area contributed by atoms with Gasteiger partial charge in [-0.25, -0.2) is 8.42 Å². The van der Waals surface area contributed by atoms with Crippen LogP contribution in [-0.4, -0.2) is 61.4 Å². The molecule has 0 aliphatic carbocycles. The van der Waals surface area contributed by atoms with E-state index in [-0.39, 0.29) is 30.0 Å². The summed E-state index contributed by atoms with van der Waals surface area (Å²) < 4.78 is 25.2. The smallest absolute Gasteiger partial charge is 0.225 e. The summed E-state index contributed by atoms with van der Waals surface area (Å²) in [5, 5.41) is 2.82. The van der Waals surface area contributed by atoms with Crippen LogP contribution in [0.5, 0.6) is 0 Å². The summed E-state index contributed by atoms with van der Waals surface area (Å²) in [6.07, 6.45) is 0.157. The first-order chi connectivity index (χ1) is 11.8. The van der Waals surface area contributed by atoms with E-state index < -0.39 is 10.0 Å². The Bertz CT molecular complexity index is 698. The molecule has 1 N–H and O–H groups in total. The summed E-state index contributed by atoms with van der Waals surface area (Å²) >= 11 is 0. The summed E-state index contributed by atoms with van der Waals surface area (Å²) in [7, 11) is -3.21. The number of hydrogen-bond acceptors (Lipinski definition) is 4. The van der Waals surface area contributed by atoms with Crippen LogP contribution in [-0.2, 0) is 19.6 Å². The Labute approximate surface area is 149 Å². The lowest BCUT2D eigenvalue weighted by atomic mass is 10.0. The van der Waals surface area contributed by atoms with Crippen molar-refractivity contribution in [2.75, 3.05) is 31.9 Å². The van der Waals surface area contributed by atoms with Gasteiger partial charge in [-0.2, -0.15) is 4.31 Å². The number of amides is 2. The van der Waals surface area contributed by atoms with Crippen LogP contribution in [0.25, 0.3) is 0 Å². The van der Waals surface area contributed by atoms with Gasteiger partial charge in [-0.05, 0) is 12.5 Å². The first-order valence-corrected chi connectivity index (χ1v) is 10.0. The van der Waals surface area contributed by atoms with Crippen LogP contribution in [0.15, 0.2) is 30.3 Å². The lowest BCUT2D eigenvalue weighted by Crippen LogP contribution is -2.51. The topological polar surface area (TPSA) is 86.8 Å². The molecule has 2 amide bonds. The third-order valence-corrected chi connectivity index (χ3v) is 6.19. The largest absolute Gasteiger partial charge is 0.349 e. The molecule has 138 valence electrons. The fourth-order valence-corrected chi connectivity index (χ4v) is 3.97. The molecule has 25 heavy (non-hydrogen) atoms. The van der Waals surface area contributed by atoms with E-state index in [4.69, 9.17) is 0 Å². The summed E-state index contributed by atoms with van der Waals surface area (Å²) in [5.41, 5.74) is 0.873. The van der Waals surface area contributed by atoms with Crippen molar-refractivity contribution in [1.82, 2.24) is 14.5 Å². The van der Waals surface area contributed by atoms with Crippen molar-refractivity contribution in [3.05, 3.63) is 35.9 Å². The average Bonchev–Trinajstić information content (AvgIpc) is 2.61. The Morgan fingerprint density at radius 1 is 1.12 bits per heavy atom. The molecule has 1 atom stereocenters. The molecule has 1 aromatic carbocycles. The second-order valence-electron chi connectivity index (χ2n) is 6.05. The maximum absolute atomic E-state index is 12.6. The molecule has 1 heterocycles. The van der Waals surface area contributed by atoms with Gasteiger partial charge in [0.1, 0.15) is 0 Å². The summed E-state index contributed by atoms with van der Waals surface area (Å²) in [6.45, 7) is 4.43. The van der Waals surface area contributed by atoms with Crippen LogP contribution in [0, 0.1) is 0 Å². The van der Waals surface area contributed by atoms with Crippen molar-refractivity contribution in [2.24, 2.45) is 0 Å². The molecule has 1 saturated heterocycles. The van der Waals surface area contributed by atoms with Crippen LogP contribution in [0.3, 0.4) is 0 Å². The highest BCUT2D eigenvalue weighted by Crippen LogP contribution is 2.19. The van der Waals surface area contributed by atoms with E-state index in [0.29, 0.717) is 26.2 Å². The predicted octanol–water partition coefficient (Wildman–Crippen LogP) is 0.748. The number of nitrogens with one attached hydrogen (secondary N) is 1. The van der Waals surface area contributed by atoms with Crippen LogP contribution < -0.4 is 5.32 Å². The molecule has 1 fully saturated rings.